The number of anilines is 3. The van der Waals surface area contributed by atoms with E-state index < -0.39 is 0 Å². The average molecular weight is 428 g/mol. The quantitative estimate of drug-likeness (QED) is 0.693. The Hall–Kier alpha value is -2.34. The Morgan fingerprint density at radius 1 is 1.07 bits per heavy atom. The number of hydrogen-bond acceptors (Lipinski definition) is 5. The molecular formula is C23H30ClN5O. The van der Waals surface area contributed by atoms with E-state index in [1.807, 2.05) is 30.3 Å². The number of benzene rings is 1. The third-order valence-electron chi connectivity index (χ3n) is 6.22. The first-order chi connectivity index (χ1) is 14.7. The van der Waals surface area contributed by atoms with E-state index in [-0.39, 0.29) is 11.8 Å². The normalized spacial score (nSPS) is 18.2. The van der Waals surface area contributed by atoms with Crippen molar-refractivity contribution in [1.29, 1.82) is 0 Å². The molecule has 0 spiro atoms. The minimum atomic E-state index is 0.0919. The van der Waals surface area contributed by atoms with E-state index >= 15 is 0 Å². The Morgan fingerprint density at radius 2 is 1.83 bits per heavy atom. The van der Waals surface area contributed by atoms with Crippen LogP contribution in [0.4, 0.5) is 17.5 Å². The van der Waals surface area contributed by atoms with Crippen molar-refractivity contribution in [1.82, 2.24) is 15.3 Å². The van der Waals surface area contributed by atoms with E-state index in [1.165, 1.54) is 32.1 Å². The fourth-order valence-electron chi connectivity index (χ4n) is 4.39. The van der Waals surface area contributed by atoms with Crippen molar-refractivity contribution in [2.24, 2.45) is 11.8 Å². The number of rotatable bonds is 6. The third kappa shape index (κ3) is 5.42. The highest BCUT2D eigenvalue weighted by molar-refractivity contribution is 6.33. The van der Waals surface area contributed by atoms with Crippen molar-refractivity contribution in [3.8, 4) is 0 Å². The van der Waals surface area contributed by atoms with Crippen LogP contribution in [0.15, 0.2) is 36.5 Å². The molecule has 1 aliphatic carbocycles. The predicted molar refractivity (Wildman–Crippen MR) is 121 cm³/mol. The van der Waals surface area contributed by atoms with E-state index in [4.69, 9.17) is 11.6 Å². The van der Waals surface area contributed by atoms with Crippen LogP contribution in [0, 0.1) is 11.8 Å². The monoisotopic (exact) mass is 427 g/mol. The summed E-state index contributed by atoms with van der Waals surface area (Å²) < 4.78 is 0. The van der Waals surface area contributed by atoms with Crippen LogP contribution in [-0.2, 0) is 4.79 Å². The van der Waals surface area contributed by atoms with Crippen LogP contribution >= 0.6 is 11.6 Å². The third-order valence-corrected chi connectivity index (χ3v) is 6.55. The lowest BCUT2D eigenvalue weighted by Gasteiger charge is -2.32. The number of para-hydroxylation sites is 1. The molecule has 2 fully saturated rings. The summed E-state index contributed by atoms with van der Waals surface area (Å²) in [6, 6.07) is 9.42. The molecule has 0 unspecified atom stereocenters. The zero-order valence-electron chi connectivity index (χ0n) is 17.3. The van der Waals surface area contributed by atoms with E-state index in [0.29, 0.717) is 22.7 Å². The molecule has 0 atom stereocenters. The Kier molecular flexibility index (Phi) is 7.05. The summed E-state index contributed by atoms with van der Waals surface area (Å²) in [6.45, 7) is 2.42. The van der Waals surface area contributed by atoms with Gasteiger partial charge in [0.15, 0.2) is 0 Å². The Bertz CT molecular complexity index is 847. The lowest BCUT2D eigenvalue weighted by molar-refractivity contribution is -0.125. The molecule has 7 heteroatoms. The van der Waals surface area contributed by atoms with Gasteiger partial charge < -0.3 is 15.5 Å². The van der Waals surface area contributed by atoms with E-state index in [1.54, 1.807) is 6.20 Å². The summed E-state index contributed by atoms with van der Waals surface area (Å²) >= 11 is 6.23. The number of piperidine rings is 1. The molecule has 1 amide bonds. The summed E-state index contributed by atoms with van der Waals surface area (Å²) in [4.78, 5) is 23.8. The van der Waals surface area contributed by atoms with Crippen molar-refractivity contribution < 1.29 is 4.79 Å². The zero-order valence-corrected chi connectivity index (χ0v) is 18.1. The van der Waals surface area contributed by atoms with E-state index in [2.05, 4.69) is 25.5 Å². The molecule has 2 N–H and O–H groups in total. The van der Waals surface area contributed by atoms with Gasteiger partial charge in [-0.25, -0.2) is 4.98 Å². The molecule has 1 aromatic heterocycles. The molecule has 1 saturated carbocycles. The first-order valence-corrected chi connectivity index (χ1v) is 11.4. The standard InChI is InChI=1S/C23H30ClN5O/c24-19-8-4-5-9-20(19)27-21-10-13-25-23(28-21)29-14-11-18(12-15-29)22(30)26-16-17-6-2-1-3-7-17/h4-5,8-10,13,17-18H,1-3,6-7,11-12,14-16H2,(H,26,30)(H,25,27,28). The highest BCUT2D eigenvalue weighted by atomic mass is 35.5. The number of carbonyl (C=O) groups is 1. The van der Waals surface area contributed by atoms with E-state index in [0.717, 1.165) is 38.2 Å². The van der Waals surface area contributed by atoms with Crippen LogP contribution in [0.25, 0.3) is 0 Å². The van der Waals surface area contributed by atoms with Crippen molar-refractivity contribution in [3.05, 3.63) is 41.6 Å². The van der Waals surface area contributed by atoms with Gasteiger partial charge in [-0.1, -0.05) is 43.0 Å². The van der Waals surface area contributed by atoms with Gasteiger partial charge in [0.1, 0.15) is 5.82 Å². The number of nitrogens with zero attached hydrogens (tertiary/aromatic N) is 3. The Labute approximate surface area is 183 Å². The lowest BCUT2D eigenvalue weighted by atomic mass is 9.89. The first-order valence-electron chi connectivity index (χ1n) is 11.1. The van der Waals surface area contributed by atoms with Gasteiger partial charge >= 0.3 is 0 Å². The van der Waals surface area contributed by atoms with Crippen LogP contribution in [0.5, 0.6) is 0 Å². The molecule has 1 aliphatic heterocycles. The second-order valence-electron chi connectivity index (χ2n) is 8.36. The van der Waals surface area contributed by atoms with Crippen molar-refractivity contribution in [2.45, 2.75) is 44.9 Å². The lowest BCUT2D eigenvalue weighted by Crippen LogP contribution is -2.42. The number of amides is 1. The highest BCUT2D eigenvalue weighted by Crippen LogP contribution is 2.26. The number of nitrogens with one attached hydrogen (secondary N) is 2. The van der Waals surface area contributed by atoms with Gasteiger partial charge in [0.25, 0.3) is 0 Å². The molecule has 6 nitrogen and oxygen atoms in total. The molecule has 1 saturated heterocycles. The van der Waals surface area contributed by atoms with Crippen LogP contribution < -0.4 is 15.5 Å². The summed E-state index contributed by atoms with van der Waals surface area (Å²) in [6.07, 6.45) is 9.91. The number of hydrogen-bond donors (Lipinski definition) is 2. The second-order valence-corrected chi connectivity index (χ2v) is 8.76. The van der Waals surface area contributed by atoms with Gasteiger partial charge in [-0.05, 0) is 49.8 Å². The summed E-state index contributed by atoms with van der Waals surface area (Å²) in [5.74, 6) is 2.38. The molecule has 0 bridgehead atoms. The van der Waals surface area contributed by atoms with Crippen molar-refractivity contribution in [2.75, 3.05) is 29.9 Å². The smallest absolute Gasteiger partial charge is 0.227 e. The van der Waals surface area contributed by atoms with Crippen LogP contribution in [-0.4, -0.2) is 35.5 Å². The zero-order chi connectivity index (χ0) is 20.8. The average Bonchev–Trinajstić information content (AvgIpc) is 2.80. The van der Waals surface area contributed by atoms with Crippen molar-refractivity contribution in [3.63, 3.8) is 0 Å². The molecule has 30 heavy (non-hydrogen) atoms. The molecule has 0 radical (unpaired) electrons. The van der Waals surface area contributed by atoms with Gasteiger partial charge in [0.2, 0.25) is 11.9 Å². The largest absolute Gasteiger partial charge is 0.356 e. The topological polar surface area (TPSA) is 70.2 Å². The fraction of sp³-hybridized carbons (Fsp3) is 0.522. The van der Waals surface area contributed by atoms with Crippen LogP contribution in [0.2, 0.25) is 5.02 Å². The van der Waals surface area contributed by atoms with Gasteiger partial charge in [-0.3, -0.25) is 4.79 Å². The maximum Gasteiger partial charge on any atom is 0.227 e. The van der Waals surface area contributed by atoms with Gasteiger partial charge in [0, 0.05) is 31.7 Å². The minimum absolute atomic E-state index is 0.0919. The Balaban J connectivity index is 1.28. The van der Waals surface area contributed by atoms with Crippen molar-refractivity contribution >= 4 is 35.0 Å². The molecular weight excluding hydrogens is 398 g/mol. The number of carbonyl (C=O) groups excluding carboxylic acids is 1. The summed E-state index contributed by atoms with van der Waals surface area (Å²) in [5, 5.41) is 7.11. The molecule has 160 valence electrons. The molecule has 2 aliphatic rings. The number of aromatic nitrogens is 2. The van der Waals surface area contributed by atoms with Crippen LogP contribution in [0.3, 0.4) is 0 Å². The minimum Gasteiger partial charge on any atom is -0.356 e. The maximum absolute atomic E-state index is 12.6. The predicted octanol–water partition coefficient (Wildman–Crippen LogP) is 4.79. The highest BCUT2D eigenvalue weighted by Gasteiger charge is 2.27. The van der Waals surface area contributed by atoms with Gasteiger partial charge in [-0.2, -0.15) is 4.98 Å². The fourth-order valence-corrected chi connectivity index (χ4v) is 4.58. The summed E-state index contributed by atoms with van der Waals surface area (Å²) in [7, 11) is 0. The molecule has 1 aromatic carbocycles. The number of halogens is 1. The van der Waals surface area contributed by atoms with Gasteiger partial charge in [-0.15, -0.1) is 0 Å². The maximum atomic E-state index is 12.6. The molecule has 2 heterocycles. The van der Waals surface area contributed by atoms with Gasteiger partial charge in [0.05, 0.1) is 10.7 Å². The summed E-state index contributed by atoms with van der Waals surface area (Å²) in [5.41, 5.74) is 0.817. The first kappa shape index (κ1) is 20.9. The van der Waals surface area contributed by atoms with Crippen LogP contribution in [0.1, 0.15) is 44.9 Å². The molecule has 2 aromatic rings. The SMILES string of the molecule is O=C(NCC1CCCCC1)C1CCN(c2nccc(Nc3ccccc3Cl)n2)CC1. The van der Waals surface area contributed by atoms with E-state index in [9.17, 15) is 4.79 Å². The Morgan fingerprint density at radius 3 is 2.60 bits per heavy atom. The second kappa shape index (κ2) is 10.1. The molecule has 4 rings (SSSR count).